The van der Waals surface area contributed by atoms with E-state index in [9.17, 15) is 19.8 Å². The van der Waals surface area contributed by atoms with Crippen molar-refractivity contribution in [2.24, 2.45) is 22.2 Å². The van der Waals surface area contributed by atoms with Gasteiger partial charge in [0.1, 0.15) is 0 Å². The molecule has 0 spiro atoms. The predicted molar refractivity (Wildman–Crippen MR) is 68.3 cm³/mol. The minimum Gasteiger partial charge on any atom is -0.481 e. The van der Waals surface area contributed by atoms with Crippen LogP contribution in [0.5, 0.6) is 0 Å². The highest BCUT2D eigenvalue weighted by atomic mass is 16.4. The molecule has 0 aromatic rings. The summed E-state index contributed by atoms with van der Waals surface area (Å²) in [5.41, 5.74) is -1.99. The zero-order valence-corrected chi connectivity index (χ0v) is 11.9. The average molecular weight is 256 g/mol. The van der Waals surface area contributed by atoms with Crippen molar-refractivity contribution < 1.29 is 19.8 Å². The van der Waals surface area contributed by atoms with Gasteiger partial charge >= 0.3 is 11.9 Å². The second kappa shape index (κ2) is 4.25. The Morgan fingerprint density at radius 2 is 1.61 bits per heavy atom. The van der Waals surface area contributed by atoms with E-state index in [1.54, 1.807) is 6.92 Å². The summed E-state index contributed by atoms with van der Waals surface area (Å²) in [6, 6.07) is 0. The molecule has 1 saturated carbocycles. The van der Waals surface area contributed by atoms with Gasteiger partial charge in [-0.25, -0.2) is 0 Å². The molecule has 0 bridgehead atoms. The largest absolute Gasteiger partial charge is 0.481 e. The number of aliphatic carboxylic acids is 2. The summed E-state index contributed by atoms with van der Waals surface area (Å²) in [4.78, 5) is 23.1. The van der Waals surface area contributed by atoms with Crippen LogP contribution >= 0.6 is 0 Å². The Morgan fingerprint density at radius 1 is 1.11 bits per heavy atom. The lowest BCUT2D eigenvalue weighted by Crippen LogP contribution is -2.52. The molecule has 1 aliphatic carbocycles. The van der Waals surface area contributed by atoms with Crippen molar-refractivity contribution in [3.63, 3.8) is 0 Å². The molecule has 0 aromatic carbocycles. The van der Waals surface area contributed by atoms with E-state index in [1.807, 2.05) is 27.7 Å². The number of carbonyl (C=O) groups is 2. The Balaban J connectivity index is 3.13. The maximum absolute atomic E-state index is 11.7. The number of rotatable bonds is 2. The normalized spacial score (nSPS) is 37.3. The molecule has 2 N–H and O–H groups in total. The van der Waals surface area contributed by atoms with Gasteiger partial charge in [0.15, 0.2) is 0 Å². The molecule has 3 atom stereocenters. The van der Waals surface area contributed by atoms with Gasteiger partial charge in [-0.1, -0.05) is 27.7 Å². The summed E-state index contributed by atoms with van der Waals surface area (Å²) >= 11 is 0. The van der Waals surface area contributed by atoms with Crippen LogP contribution in [0.2, 0.25) is 0 Å². The van der Waals surface area contributed by atoms with E-state index < -0.39 is 22.8 Å². The Hall–Kier alpha value is -1.06. The maximum atomic E-state index is 11.7. The molecule has 4 heteroatoms. The summed E-state index contributed by atoms with van der Waals surface area (Å²) in [5.74, 6) is -1.75. The van der Waals surface area contributed by atoms with Gasteiger partial charge in [-0.15, -0.1) is 0 Å². The summed E-state index contributed by atoms with van der Waals surface area (Å²) in [7, 11) is 0. The van der Waals surface area contributed by atoms with E-state index in [2.05, 4.69) is 0 Å². The van der Waals surface area contributed by atoms with E-state index in [1.165, 1.54) is 0 Å². The van der Waals surface area contributed by atoms with Gasteiger partial charge in [0.25, 0.3) is 0 Å². The second-order valence-electron chi connectivity index (χ2n) is 6.97. The molecule has 1 aliphatic rings. The molecule has 4 nitrogen and oxygen atoms in total. The molecule has 0 unspecified atom stereocenters. The third-order valence-corrected chi connectivity index (χ3v) is 5.15. The van der Waals surface area contributed by atoms with Gasteiger partial charge in [-0.05, 0) is 37.5 Å². The highest BCUT2D eigenvalue weighted by molar-refractivity contribution is 5.78. The SMILES string of the molecule is C[C@H]1C[C@@](C(=O)O)(C(C)(C)C)CC[C@@]1(C)C(=O)O. The van der Waals surface area contributed by atoms with Crippen molar-refractivity contribution in [3.05, 3.63) is 0 Å². The molecule has 0 radical (unpaired) electrons. The van der Waals surface area contributed by atoms with Crippen LogP contribution in [0.4, 0.5) is 0 Å². The van der Waals surface area contributed by atoms with E-state index in [4.69, 9.17) is 0 Å². The topological polar surface area (TPSA) is 74.6 Å². The molecule has 1 rings (SSSR count). The van der Waals surface area contributed by atoms with Gasteiger partial charge in [-0.2, -0.15) is 0 Å². The van der Waals surface area contributed by atoms with Crippen molar-refractivity contribution in [3.8, 4) is 0 Å². The van der Waals surface area contributed by atoms with Crippen molar-refractivity contribution >= 4 is 11.9 Å². The lowest BCUT2D eigenvalue weighted by atomic mass is 9.52. The van der Waals surface area contributed by atoms with Crippen LogP contribution in [0.25, 0.3) is 0 Å². The number of hydrogen-bond donors (Lipinski definition) is 2. The van der Waals surface area contributed by atoms with Gasteiger partial charge in [0.2, 0.25) is 0 Å². The first-order valence-corrected chi connectivity index (χ1v) is 6.44. The lowest BCUT2D eigenvalue weighted by Gasteiger charge is -2.50. The molecular weight excluding hydrogens is 232 g/mol. The first-order chi connectivity index (χ1) is 7.97. The van der Waals surface area contributed by atoms with E-state index in [-0.39, 0.29) is 11.3 Å². The highest BCUT2D eigenvalue weighted by Crippen LogP contribution is 2.56. The molecule has 104 valence electrons. The Bertz CT molecular complexity index is 368. The monoisotopic (exact) mass is 256 g/mol. The Labute approximate surface area is 108 Å². The number of carboxylic acid groups (broad SMARTS) is 2. The maximum Gasteiger partial charge on any atom is 0.310 e. The minimum atomic E-state index is -0.818. The Morgan fingerprint density at radius 3 is 1.89 bits per heavy atom. The van der Waals surface area contributed by atoms with E-state index in [0.29, 0.717) is 19.3 Å². The smallest absolute Gasteiger partial charge is 0.310 e. The molecule has 0 amide bonds. The van der Waals surface area contributed by atoms with Crippen LogP contribution < -0.4 is 0 Å². The fourth-order valence-corrected chi connectivity index (χ4v) is 3.08. The lowest BCUT2D eigenvalue weighted by molar-refractivity contribution is -0.173. The zero-order valence-electron chi connectivity index (χ0n) is 11.9. The molecule has 0 saturated heterocycles. The van der Waals surface area contributed by atoms with Crippen LogP contribution in [0.3, 0.4) is 0 Å². The zero-order chi connectivity index (χ0) is 14.4. The fourth-order valence-electron chi connectivity index (χ4n) is 3.08. The summed E-state index contributed by atoms with van der Waals surface area (Å²) in [6.45, 7) is 9.37. The van der Waals surface area contributed by atoms with Crippen LogP contribution in [-0.4, -0.2) is 22.2 Å². The number of carboxylic acids is 2. The van der Waals surface area contributed by atoms with Crippen LogP contribution in [0, 0.1) is 22.2 Å². The first kappa shape index (κ1) is 15.0. The second-order valence-corrected chi connectivity index (χ2v) is 6.97. The summed E-state index contributed by atoms with van der Waals surface area (Å²) in [5, 5.41) is 18.9. The third-order valence-electron chi connectivity index (χ3n) is 5.15. The predicted octanol–water partition coefficient (Wildman–Crippen LogP) is 3.01. The van der Waals surface area contributed by atoms with Gasteiger partial charge < -0.3 is 10.2 Å². The average Bonchev–Trinajstić information content (AvgIpc) is 2.19. The summed E-state index contributed by atoms with van der Waals surface area (Å²) in [6.07, 6.45) is 1.28. The van der Waals surface area contributed by atoms with Crippen molar-refractivity contribution in [1.29, 1.82) is 0 Å². The third kappa shape index (κ3) is 2.02. The van der Waals surface area contributed by atoms with Crippen LogP contribution in [0.1, 0.15) is 53.9 Å². The Kier molecular flexibility index (Phi) is 3.54. The van der Waals surface area contributed by atoms with Crippen molar-refractivity contribution in [2.45, 2.75) is 53.9 Å². The van der Waals surface area contributed by atoms with Gasteiger partial charge in [0, 0.05) is 0 Å². The van der Waals surface area contributed by atoms with Gasteiger partial charge in [-0.3, -0.25) is 9.59 Å². The molecule has 0 aliphatic heterocycles. The minimum absolute atomic E-state index is 0.140. The first-order valence-electron chi connectivity index (χ1n) is 6.44. The molecule has 1 fully saturated rings. The van der Waals surface area contributed by atoms with Crippen molar-refractivity contribution in [2.75, 3.05) is 0 Å². The number of hydrogen-bond acceptors (Lipinski definition) is 2. The molecule has 18 heavy (non-hydrogen) atoms. The van der Waals surface area contributed by atoms with Crippen LogP contribution in [-0.2, 0) is 9.59 Å². The summed E-state index contributed by atoms with van der Waals surface area (Å²) < 4.78 is 0. The quantitative estimate of drug-likeness (QED) is 0.796. The standard InChI is InChI=1S/C14H24O4/c1-9-8-14(11(17)18,12(2,3)4)7-6-13(9,5)10(15)16/h9H,6-8H2,1-5H3,(H,15,16)(H,17,18)/t9-,13+,14-/m0/s1. The van der Waals surface area contributed by atoms with E-state index in [0.717, 1.165) is 0 Å². The molecular formula is C14H24O4. The highest BCUT2D eigenvalue weighted by Gasteiger charge is 2.57. The molecule has 0 heterocycles. The van der Waals surface area contributed by atoms with Crippen molar-refractivity contribution in [1.82, 2.24) is 0 Å². The van der Waals surface area contributed by atoms with Crippen LogP contribution in [0.15, 0.2) is 0 Å². The van der Waals surface area contributed by atoms with Gasteiger partial charge in [0.05, 0.1) is 10.8 Å². The molecule has 0 aromatic heterocycles. The van der Waals surface area contributed by atoms with E-state index >= 15 is 0 Å². The fraction of sp³-hybridized carbons (Fsp3) is 0.857.